The summed E-state index contributed by atoms with van der Waals surface area (Å²) in [7, 11) is 0. The Bertz CT molecular complexity index is 1150. The molecule has 28 heavy (non-hydrogen) atoms. The smallest absolute Gasteiger partial charge is 0.193 e. The number of carbonyl (C=O) groups excluding carboxylic acids is 1. The van der Waals surface area contributed by atoms with Gasteiger partial charge in [0.25, 0.3) is 0 Å². The minimum absolute atomic E-state index is 0.0747. The van der Waals surface area contributed by atoms with E-state index >= 15 is 0 Å². The van der Waals surface area contributed by atoms with Crippen molar-refractivity contribution in [3.63, 3.8) is 0 Å². The van der Waals surface area contributed by atoms with Crippen LogP contribution in [0.1, 0.15) is 28.6 Å². The van der Waals surface area contributed by atoms with Gasteiger partial charge in [-0.25, -0.2) is 15.0 Å². The largest absolute Gasteiger partial charge is 0.299 e. The Hall–Kier alpha value is -2.71. The van der Waals surface area contributed by atoms with Crippen LogP contribution in [0.2, 0.25) is 5.02 Å². The fourth-order valence-corrected chi connectivity index (χ4v) is 4.21. The van der Waals surface area contributed by atoms with Gasteiger partial charge in [0.05, 0.1) is 22.4 Å². The Kier molecular flexibility index (Phi) is 5.15. The van der Waals surface area contributed by atoms with Crippen LogP contribution < -0.4 is 0 Å². The van der Waals surface area contributed by atoms with Crippen LogP contribution in [-0.4, -0.2) is 35.7 Å². The fourth-order valence-electron chi connectivity index (χ4n) is 3.16. The van der Waals surface area contributed by atoms with Gasteiger partial charge in [0, 0.05) is 25.2 Å². The highest BCUT2D eigenvalue weighted by molar-refractivity contribution is 7.18. The van der Waals surface area contributed by atoms with Gasteiger partial charge < -0.3 is 0 Å². The molecule has 0 aromatic carbocycles. The first-order chi connectivity index (χ1) is 13.5. The Balaban J connectivity index is 1.53. The standard InChI is InChI=1S/C19H17ClN6OS/c1-3-15-13(10-22-19-17(15)25-11(2)28-19)8-14(27)6-12-7-16(20)18(21-9-12)26-23-4-5-24-26/h4-5,7,9-10H,3,6,8H2,1-2H3. The van der Waals surface area contributed by atoms with Gasteiger partial charge in [-0.2, -0.15) is 10.2 Å². The molecule has 0 unspecified atom stereocenters. The molecular formula is C19H17ClN6OS. The normalized spacial score (nSPS) is 11.2. The highest BCUT2D eigenvalue weighted by Crippen LogP contribution is 2.26. The van der Waals surface area contributed by atoms with Crippen molar-refractivity contribution in [2.24, 2.45) is 0 Å². The molecule has 0 atom stereocenters. The number of pyridine rings is 2. The van der Waals surface area contributed by atoms with Gasteiger partial charge in [-0.1, -0.05) is 29.9 Å². The van der Waals surface area contributed by atoms with Crippen LogP contribution in [0.5, 0.6) is 0 Å². The molecule has 0 radical (unpaired) electrons. The molecule has 0 saturated heterocycles. The van der Waals surface area contributed by atoms with Crippen LogP contribution in [0.3, 0.4) is 0 Å². The first-order valence-corrected chi connectivity index (χ1v) is 10.0. The van der Waals surface area contributed by atoms with E-state index in [0.717, 1.165) is 38.5 Å². The summed E-state index contributed by atoms with van der Waals surface area (Å²) in [5, 5.41) is 9.42. The summed E-state index contributed by atoms with van der Waals surface area (Å²) in [5.74, 6) is 0.510. The van der Waals surface area contributed by atoms with Gasteiger partial charge in [-0.05, 0) is 36.1 Å². The monoisotopic (exact) mass is 412 g/mol. The molecule has 0 aliphatic carbocycles. The molecule has 4 aromatic rings. The van der Waals surface area contributed by atoms with E-state index < -0.39 is 0 Å². The Morgan fingerprint density at radius 3 is 2.68 bits per heavy atom. The summed E-state index contributed by atoms with van der Waals surface area (Å²) in [6.07, 6.45) is 7.90. The molecule has 0 aliphatic heterocycles. The quantitative estimate of drug-likeness (QED) is 0.481. The summed E-state index contributed by atoms with van der Waals surface area (Å²) >= 11 is 7.86. The number of fused-ring (bicyclic) bond motifs is 1. The fraction of sp³-hybridized carbons (Fsp3) is 0.263. The van der Waals surface area contributed by atoms with Crippen LogP contribution >= 0.6 is 22.9 Å². The lowest BCUT2D eigenvalue weighted by Crippen LogP contribution is -2.10. The van der Waals surface area contributed by atoms with Gasteiger partial charge in [-0.15, -0.1) is 4.80 Å². The summed E-state index contributed by atoms with van der Waals surface area (Å²) in [6, 6.07) is 1.73. The average molecular weight is 413 g/mol. The highest BCUT2D eigenvalue weighted by Gasteiger charge is 2.15. The van der Waals surface area contributed by atoms with Crippen molar-refractivity contribution in [1.82, 2.24) is 29.9 Å². The third-order valence-electron chi connectivity index (χ3n) is 4.36. The number of hydrogen-bond acceptors (Lipinski definition) is 7. The lowest BCUT2D eigenvalue weighted by molar-refractivity contribution is -0.117. The van der Waals surface area contributed by atoms with E-state index in [1.165, 1.54) is 4.80 Å². The van der Waals surface area contributed by atoms with Crippen LogP contribution in [0.15, 0.2) is 30.9 Å². The molecule has 0 fully saturated rings. The summed E-state index contributed by atoms with van der Waals surface area (Å²) in [5.41, 5.74) is 3.69. The molecule has 0 spiro atoms. The van der Waals surface area contributed by atoms with Crippen molar-refractivity contribution in [3.05, 3.63) is 57.6 Å². The van der Waals surface area contributed by atoms with E-state index in [2.05, 4.69) is 32.1 Å². The minimum atomic E-state index is 0.0747. The van der Waals surface area contributed by atoms with Crippen molar-refractivity contribution in [2.75, 3.05) is 0 Å². The molecule has 0 amide bonds. The minimum Gasteiger partial charge on any atom is -0.299 e. The van der Waals surface area contributed by atoms with Gasteiger partial charge >= 0.3 is 0 Å². The van der Waals surface area contributed by atoms with Crippen molar-refractivity contribution >= 4 is 39.1 Å². The summed E-state index contributed by atoms with van der Waals surface area (Å²) in [6.45, 7) is 4.04. The predicted molar refractivity (Wildman–Crippen MR) is 108 cm³/mol. The molecule has 0 aliphatic rings. The van der Waals surface area contributed by atoms with Crippen molar-refractivity contribution < 1.29 is 4.79 Å². The second kappa shape index (κ2) is 7.73. The van der Waals surface area contributed by atoms with E-state index in [1.807, 2.05) is 6.92 Å². The van der Waals surface area contributed by atoms with Crippen LogP contribution in [0.4, 0.5) is 0 Å². The number of halogens is 1. The third kappa shape index (κ3) is 3.65. The van der Waals surface area contributed by atoms with Crippen molar-refractivity contribution in [2.45, 2.75) is 33.1 Å². The number of aryl methyl sites for hydroxylation is 2. The number of hydrogen-bond donors (Lipinski definition) is 0. The molecule has 142 valence electrons. The highest BCUT2D eigenvalue weighted by atomic mass is 35.5. The van der Waals surface area contributed by atoms with E-state index in [0.29, 0.717) is 17.3 Å². The molecular weight excluding hydrogens is 396 g/mol. The Morgan fingerprint density at radius 2 is 1.96 bits per heavy atom. The van der Waals surface area contributed by atoms with Gasteiger partial charge in [0.1, 0.15) is 16.1 Å². The number of nitrogens with zero attached hydrogens (tertiary/aromatic N) is 6. The Morgan fingerprint density at radius 1 is 1.18 bits per heavy atom. The molecule has 0 N–H and O–H groups in total. The molecule has 0 bridgehead atoms. The lowest BCUT2D eigenvalue weighted by Gasteiger charge is -2.08. The van der Waals surface area contributed by atoms with Crippen LogP contribution in [0, 0.1) is 6.92 Å². The second-order valence-corrected chi connectivity index (χ2v) is 7.95. The third-order valence-corrected chi connectivity index (χ3v) is 5.51. The zero-order valence-corrected chi connectivity index (χ0v) is 17.0. The SMILES string of the molecule is CCc1c(CC(=O)Cc2cnc(-n3nccn3)c(Cl)c2)cnc2sc(C)nc12. The molecule has 7 nitrogen and oxygen atoms in total. The molecule has 4 heterocycles. The first kappa shape index (κ1) is 18.6. The average Bonchev–Trinajstić information content (AvgIpc) is 3.30. The maximum absolute atomic E-state index is 12.7. The number of aromatic nitrogens is 6. The van der Waals surface area contributed by atoms with Crippen LogP contribution in [0.25, 0.3) is 16.2 Å². The predicted octanol–water partition coefficient (Wildman–Crippen LogP) is 3.55. The van der Waals surface area contributed by atoms with Gasteiger partial charge in [0.2, 0.25) is 0 Å². The summed E-state index contributed by atoms with van der Waals surface area (Å²) in [4.78, 5) is 28.3. The zero-order chi connectivity index (χ0) is 19.7. The second-order valence-electron chi connectivity index (χ2n) is 6.36. The topological polar surface area (TPSA) is 86.5 Å². The maximum atomic E-state index is 12.7. The van der Waals surface area contributed by atoms with E-state index in [4.69, 9.17) is 11.6 Å². The number of ketones is 1. The number of rotatable bonds is 6. The van der Waals surface area contributed by atoms with E-state index in [1.54, 1.807) is 42.2 Å². The van der Waals surface area contributed by atoms with Crippen molar-refractivity contribution in [3.8, 4) is 5.82 Å². The molecule has 4 aromatic heterocycles. The lowest BCUT2D eigenvalue weighted by atomic mass is 9.99. The Labute approximate surface area is 170 Å². The number of thiazole rings is 1. The zero-order valence-electron chi connectivity index (χ0n) is 15.4. The summed E-state index contributed by atoms with van der Waals surface area (Å²) < 4.78 is 0. The maximum Gasteiger partial charge on any atom is 0.193 e. The molecule has 4 rings (SSSR count). The number of Topliss-reactive ketones (excluding diaryl/α,β-unsaturated/α-hetero) is 1. The first-order valence-electron chi connectivity index (χ1n) is 8.82. The molecule has 9 heteroatoms. The number of carbonyl (C=O) groups is 1. The van der Waals surface area contributed by atoms with Crippen LogP contribution in [-0.2, 0) is 24.1 Å². The van der Waals surface area contributed by atoms with Gasteiger partial charge in [-0.3, -0.25) is 4.79 Å². The van der Waals surface area contributed by atoms with Crippen molar-refractivity contribution in [1.29, 1.82) is 0 Å². The van der Waals surface area contributed by atoms with E-state index in [9.17, 15) is 4.79 Å². The van der Waals surface area contributed by atoms with E-state index in [-0.39, 0.29) is 12.2 Å². The van der Waals surface area contributed by atoms with Gasteiger partial charge in [0.15, 0.2) is 5.82 Å². The molecule has 0 saturated carbocycles.